The van der Waals surface area contributed by atoms with E-state index in [-0.39, 0.29) is 11.5 Å². The van der Waals surface area contributed by atoms with Gasteiger partial charge in [-0.25, -0.2) is 4.98 Å². The van der Waals surface area contributed by atoms with E-state index in [2.05, 4.69) is 15.3 Å². The van der Waals surface area contributed by atoms with E-state index in [9.17, 15) is 9.59 Å². The van der Waals surface area contributed by atoms with E-state index in [0.717, 1.165) is 11.3 Å². The van der Waals surface area contributed by atoms with Gasteiger partial charge in [-0.05, 0) is 37.5 Å². The number of hydrogen-bond acceptors (Lipinski definition) is 5. The first-order valence-corrected chi connectivity index (χ1v) is 8.73. The summed E-state index contributed by atoms with van der Waals surface area (Å²) in [5.74, 6) is 1.16. The second kappa shape index (κ2) is 7.06. The molecule has 0 spiro atoms. The van der Waals surface area contributed by atoms with Gasteiger partial charge in [0.25, 0.3) is 11.5 Å². The number of thiophene rings is 1. The summed E-state index contributed by atoms with van der Waals surface area (Å²) in [6, 6.07) is 7.72. The lowest BCUT2D eigenvalue weighted by molar-refractivity contribution is 0.0957. The van der Waals surface area contributed by atoms with Crippen molar-refractivity contribution in [2.75, 3.05) is 13.7 Å². The number of nitrogens with one attached hydrogen (secondary N) is 2. The Kier molecular flexibility index (Phi) is 4.85. The zero-order valence-electron chi connectivity index (χ0n) is 14.3. The molecule has 0 radical (unpaired) electrons. The first-order valence-electron chi connectivity index (χ1n) is 7.91. The third-order valence-corrected chi connectivity index (χ3v) is 5.18. The summed E-state index contributed by atoms with van der Waals surface area (Å²) in [5, 5.41) is 3.40. The molecular formula is C18H19N3O3S. The largest absolute Gasteiger partial charge is 0.496 e. The van der Waals surface area contributed by atoms with Crippen molar-refractivity contribution in [2.45, 2.75) is 20.3 Å². The van der Waals surface area contributed by atoms with Crippen LogP contribution in [0.1, 0.15) is 26.6 Å². The van der Waals surface area contributed by atoms with E-state index >= 15 is 0 Å². The molecule has 3 aromatic rings. The number of aromatic amines is 1. The minimum Gasteiger partial charge on any atom is -0.496 e. The number of carbonyl (C=O) groups is 1. The Morgan fingerprint density at radius 3 is 2.84 bits per heavy atom. The van der Waals surface area contributed by atoms with Gasteiger partial charge < -0.3 is 15.0 Å². The van der Waals surface area contributed by atoms with Gasteiger partial charge in [-0.1, -0.05) is 18.2 Å². The molecule has 2 aromatic heterocycles. The smallest absolute Gasteiger partial charge is 0.261 e. The highest BCUT2D eigenvalue weighted by Crippen LogP contribution is 2.26. The topological polar surface area (TPSA) is 84.1 Å². The van der Waals surface area contributed by atoms with E-state index in [1.54, 1.807) is 21.0 Å². The van der Waals surface area contributed by atoms with Crippen molar-refractivity contribution in [1.82, 2.24) is 15.3 Å². The Hall–Kier alpha value is -2.67. The van der Waals surface area contributed by atoms with E-state index in [4.69, 9.17) is 4.74 Å². The summed E-state index contributed by atoms with van der Waals surface area (Å²) < 4.78 is 5.31. The molecule has 0 saturated heterocycles. The second-order valence-electron chi connectivity index (χ2n) is 5.71. The molecule has 25 heavy (non-hydrogen) atoms. The fraction of sp³-hybridized carbons (Fsp3) is 0.278. The molecule has 7 heteroatoms. The summed E-state index contributed by atoms with van der Waals surface area (Å²) in [5.41, 5.74) is 1.50. The molecule has 0 fully saturated rings. The Morgan fingerprint density at radius 2 is 2.08 bits per heavy atom. The summed E-state index contributed by atoms with van der Waals surface area (Å²) >= 11 is 1.25. The monoisotopic (exact) mass is 357 g/mol. The summed E-state index contributed by atoms with van der Waals surface area (Å²) in [6.07, 6.45) is 0.664. The molecule has 0 aliphatic rings. The van der Waals surface area contributed by atoms with Crippen LogP contribution in [0, 0.1) is 13.8 Å². The lowest BCUT2D eigenvalue weighted by Gasteiger charge is -2.08. The number of fused-ring (bicyclic) bond motifs is 1. The van der Waals surface area contributed by atoms with Gasteiger partial charge in [0, 0.05) is 6.54 Å². The summed E-state index contributed by atoms with van der Waals surface area (Å²) in [4.78, 5) is 32.7. The average molecular weight is 357 g/mol. The first kappa shape index (κ1) is 17.2. The molecule has 2 heterocycles. The normalized spacial score (nSPS) is 10.8. The third-order valence-electron chi connectivity index (χ3n) is 4.00. The molecular weight excluding hydrogens is 338 g/mol. The maximum atomic E-state index is 12.5. The number of aromatic nitrogens is 2. The minimum absolute atomic E-state index is 0.188. The number of carbonyl (C=O) groups excluding carboxylic acids is 1. The van der Waals surface area contributed by atoms with Gasteiger partial charge in [0.05, 0.1) is 17.4 Å². The molecule has 0 unspecified atom stereocenters. The van der Waals surface area contributed by atoms with Crippen LogP contribution < -0.4 is 15.6 Å². The van der Waals surface area contributed by atoms with Crippen molar-refractivity contribution >= 4 is 27.5 Å². The molecule has 0 saturated carbocycles. The first-order chi connectivity index (χ1) is 12.0. The summed E-state index contributed by atoms with van der Waals surface area (Å²) in [7, 11) is 1.63. The number of methoxy groups -OCH3 is 1. The van der Waals surface area contributed by atoms with Crippen LogP contribution in [0.25, 0.3) is 10.2 Å². The van der Waals surface area contributed by atoms with Gasteiger partial charge in [-0.3, -0.25) is 9.59 Å². The second-order valence-corrected chi connectivity index (χ2v) is 6.70. The van der Waals surface area contributed by atoms with E-state index < -0.39 is 0 Å². The van der Waals surface area contributed by atoms with Gasteiger partial charge in [-0.2, -0.15) is 0 Å². The SMILES string of the molecule is COc1ccccc1CCNC(=O)c1sc2nc(C)[nH]c(=O)c2c1C. The average Bonchev–Trinajstić information content (AvgIpc) is 2.92. The molecule has 2 N–H and O–H groups in total. The van der Waals surface area contributed by atoms with Gasteiger partial charge in [-0.15, -0.1) is 11.3 Å². The number of benzene rings is 1. The quantitative estimate of drug-likeness (QED) is 0.735. The highest BCUT2D eigenvalue weighted by molar-refractivity contribution is 7.20. The van der Waals surface area contributed by atoms with Crippen molar-refractivity contribution in [2.24, 2.45) is 0 Å². The maximum Gasteiger partial charge on any atom is 0.261 e. The lowest BCUT2D eigenvalue weighted by Crippen LogP contribution is -2.25. The molecule has 0 aliphatic heterocycles. The number of H-pyrrole nitrogens is 1. The Labute approximate surface area is 148 Å². The molecule has 0 bridgehead atoms. The predicted molar refractivity (Wildman–Crippen MR) is 98.7 cm³/mol. The molecule has 3 rings (SSSR count). The van der Waals surface area contributed by atoms with Gasteiger partial charge in [0.2, 0.25) is 0 Å². The molecule has 1 amide bonds. The summed E-state index contributed by atoms with van der Waals surface area (Å²) in [6.45, 7) is 3.98. The number of para-hydroxylation sites is 1. The van der Waals surface area contributed by atoms with E-state index in [1.165, 1.54) is 11.3 Å². The molecule has 0 atom stereocenters. The molecule has 130 valence electrons. The molecule has 0 aliphatic carbocycles. The fourth-order valence-corrected chi connectivity index (χ4v) is 3.91. The minimum atomic E-state index is -0.204. The van der Waals surface area contributed by atoms with E-state index in [1.807, 2.05) is 24.3 Å². The number of amides is 1. The lowest BCUT2D eigenvalue weighted by atomic mass is 10.1. The van der Waals surface area contributed by atoms with Crippen LogP contribution in [-0.4, -0.2) is 29.5 Å². The van der Waals surface area contributed by atoms with Crippen molar-refractivity contribution < 1.29 is 9.53 Å². The zero-order chi connectivity index (χ0) is 18.0. The van der Waals surface area contributed by atoms with Crippen molar-refractivity contribution in [3.05, 3.63) is 56.4 Å². The standard InChI is InChI=1S/C18H19N3O3S/c1-10-14-16(22)20-11(2)21-18(14)25-15(10)17(23)19-9-8-12-6-4-5-7-13(12)24-3/h4-7H,8-9H2,1-3H3,(H,19,23)(H,20,21,22). The van der Waals surface area contributed by atoms with Gasteiger partial charge in [0.15, 0.2) is 0 Å². The molecule has 6 nitrogen and oxygen atoms in total. The van der Waals surface area contributed by atoms with Crippen LogP contribution in [0.2, 0.25) is 0 Å². The van der Waals surface area contributed by atoms with Crippen LogP contribution in [0.15, 0.2) is 29.1 Å². The van der Waals surface area contributed by atoms with Crippen molar-refractivity contribution in [3.8, 4) is 5.75 Å². The number of ether oxygens (including phenoxy) is 1. The Balaban J connectivity index is 1.76. The predicted octanol–water partition coefficient (Wildman–Crippen LogP) is 2.58. The van der Waals surface area contributed by atoms with Crippen molar-refractivity contribution in [3.63, 3.8) is 0 Å². The zero-order valence-corrected chi connectivity index (χ0v) is 15.1. The fourth-order valence-electron chi connectivity index (χ4n) is 2.77. The van der Waals surface area contributed by atoms with Crippen LogP contribution in [-0.2, 0) is 6.42 Å². The Morgan fingerprint density at radius 1 is 1.32 bits per heavy atom. The third kappa shape index (κ3) is 3.41. The van der Waals surface area contributed by atoms with Gasteiger partial charge in [0.1, 0.15) is 16.4 Å². The number of hydrogen-bond donors (Lipinski definition) is 2. The van der Waals surface area contributed by atoms with Crippen LogP contribution in [0.4, 0.5) is 0 Å². The van der Waals surface area contributed by atoms with Crippen LogP contribution in [0.5, 0.6) is 5.75 Å². The highest BCUT2D eigenvalue weighted by atomic mass is 32.1. The van der Waals surface area contributed by atoms with Crippen molar-refractivity contribution in [1.29, 1.82) is 0 Å². The maximum absolute atomic E-state index is 12.5. The van der Waals surface area contributed by atoms with E-state index in [0.29, 0.717) is 39.4 Å². The number of nitrogens with zero attached hydrogens (tertiary/aromatic N) is 1. The van der Waals surface area contributed by atoms with Crippen LogP contribution >= 0.6 is 11.3 Å². The van der Waals surface area contributed by atoms with Gasteiger partial charge >= 0.3 is 0 Å². The molecule has 1 aromatic carbocycles. The number of rotatable bonds is 5. The van der Waals surface area contributed by atoms with Crippen LogP contribution in [0.3, 0.4) is 0 Å². The number of aryl methyl sites for hydroxylation is 2. The Bertz CT molecular complexity index is 991. The highest BCUT2D eigenvalue weighted by Gasteiger charge is 2.18.